The van der Waals surface area contributed by atoms with Crippen LogP contribution in [0.5, 0.6) is 0 Å². The van der Waals surface area contributed by atoms with Crippen LogP contribution in [0.3, 0.4) is 0 Å². The Morgan fingerprint density at radius 1 is 0.667 bits per heavy atom. The Balaban J connectivity index is 1.69. The summed E-state index contributed by atoms with van der Waals surface area (Å²) in [6.45, 7) is 0. The number of aromatic nitrogens is 2. The third kappa shape index (κ3) is 6.07. The van der Waals surface area contributed by atoms with Gasteiger partial charge in [0, 0.05) is 86.6 Å². The lowest BCUT2D eigenvalue weighted by molar-refractivity contribution is -0.122. The minimum Gasteiger partial charge on any atom is -0.377 e. The average molecular weight is 618 g/mol. The number of methoxy groups -OCH3 is 4. The molecule has 0 radical (unpaired) electrons. The van der Waals surface area contributed by atoms with E-state index in [9.17, 15) is 9.59 Å². The highest BCUT2D eigenvalue weighted by Crippen LogP contribution is 2.39. The van der Waals surface area contributed by atoms with E-state index in [0.29, 0.717) is 35.1 Å². The number of benzene rings is 2. The summed E-state index contributed by atoms with van der Waals surface area (Å²) in [6.07, 6.45) is 3.50. The van der Waals surface area contributed by atoms with E-state index in [4.69, 9.17) is 18.9 Å². The van der Waals surface area contributed by atoms with Gasteiger partial charge in [-0.3, -0.25) is 24.7 Å². The van der Waals surface area contributed by atoms with Crippen molar-refractivity contribution < 1.29 is 28.5 Å². The molecule has 5 rings (SSSR count). The molecule has 4 aromatic rings. The van der Waals surface area contributed by atoms with Gasteiger partial charge >= 0.3 is 0 Å². The topological polar surface area (TPSA) is 121 Å². The van der Waals surface area contributed by atoms with Crippen molar-refractivity contribution in [3.05, 3.63) is 71.0 Å². The zero-order valence-corrected chi connectivity index (χ0v) is 27.2. The third-order valence-corrected chi connectivity index (χ3v) is 8.69. The highest BCUT2D eigenvalue weighted by molar-refractivity contribution is 6.50. The SMILES string of the molecule is COC(Cc1ccc2c(C3=C(c4c[nH]c5ccccc45)C(=O)NC3=O)c[nH]c2c1CC(OC)C(OC)N(C)C)C(OC)N(C)C. The maximum atomic E-state index is 13.4. The first-order chi connectivity index (χ1) is 21.6. The molecule has 3 heterocycles. The van der Waals surface area contributed by atoms with Crippen LogP contribution in [0.4, 0.5) is 0 Å². The fraction of sp³-hybridized carbons (Fsp3) is 0.412. The quantitative estimate of drug-likeness (QED) is 0.146. The first kappa shape index (κ1) is 32.6. The molecule has 2 amide bonds. The Kier molecular flexibility index (Phi) is 9.88. The number of H-pyrrole nitrogens is 2. The molecule has 4 unspecified atom stereocenters. The summed E-state index contributed by atoms with van der Waals surface area (Å²) in [6, 6.07) is 11.8. The minimum atomic E-state index is -0.429. The van der Waals surface area contributed by atoms with Gasteiger partial charge in [0.2, 0.25) is 0 Å². The molecule has 1 aliphatic heterocycles. The first-order valence-electron chi connectivity index (χ1n) is 14.9. The van der Waals surface area contributed by atoms with E-state index in [1.165, 1.54) is 0 Å². The lowest BCUT2D eigenvalue weighted by Gasteiger charge is -2.32. The first-order valence-corrected chi connectivity index (χ1v) is 14.9. The zero-order chi connectivity index (χ0) is 32.4. The summed E-state index contributed by atoms with van der Waals surface area (Å²) >= 11 is 0. The van der Waals surface area contributed by atoms with Gasteiger partial charge in [0.1, 0.15) is 24.7 Å². The number of amides is 2. The second-order valence-electron chi connectivity index (χ2n) is 11.7. The number of para-hydroxylation sites is 1. The highest BCUT2D eigenvalue weighted by Gasteiger charge is 2.35. The van der Waals surface area contributed by atoms with Gasteiger partial charge in [-0.05, 0) is 45.4 Å². The molecule has 4 atom stereocenters. The number of nitrogens with one attached hydrogen (secondary N) is 3. The smallest absolute Gasteiger partial charge is 0.259 e. The maximum absolute atomic E-state index is 13.4. The number of imide groups is 1. The Labute approximate surface area is 263 Å². The predicted molar refractivity (Wildman–Crippen MR) is 175 cm³/mol. The number of aromatic amines is 2. The molecule has 0 saturated heterocycles. The lowest BCUT2D eigenvalue weighted by atomic mass is 9.91. The molecule has 0 bridgehead atoms. The van der Waals surface area contributed by atoms with Gasteiger partial charge in [-0.25, -0.2) is 0 Å². The molecule has 0 fully saturated rings. The predicted octanol–water partition coefficient (Wildman–Crippen LogP) is 3.40. The molecule has 0 spiro atoms. The Hall–Kier alpha value is -3.84. The second-order valence-corrected chi connectivity index (χ2v) is 11.7. The molecule has 0 aliphatic carbocycles. The van der Waals surface area contributed by atoms with Crippen molar-refractivity contribution in [1.82, 2.24) is 25.1 Å². The van der Waals surface area contributed by atoms with Crippen LogP contribution >= 0.6 is 0 Å². The van der Waals surface area contributed by atoms with Gasteiger partial charge < -0.3 is 28.9 Å². The molecule has 45 heavy (non-hydrogen) atoms. The van der Waals surface area contributed by atoms with Gasteiger partial charge in [-0.15, -0.1) is 0 Å². The number of carbonyl (C=O) groups is 2. The number of fused-ring (bicyclic) bond motifs is 2. The van der Waals surface area contributed by atoms with Crippen LogP contribution in [0.1, 0.15) is 22.3 Å². The van der Waals surface area contributed by atoms with Crippen LogP contribution in [-0.4, -0.2) is 113 Å². The molecule has 1 aliphatic rings. The highest BCUT2D eigenvalue weighted by atomic mass is 16.5. The van der Waals surface area contributed by atoms with Crippen LogP contribution in [-0.2, 0) is 41.4 Å². The summed E-state index contributed by atoms with van der Waals surface area (Å²) in [5, 5.41) is 4.22. The molecule has 0 saturated carbocycles. The summed E-state index contributed by atoms with van der Waals surface area (Å²) in [7, 11) is 14.5. The largest absolute Gasteiger partial charge is 0.377 e. The number of hydrogen-bond acceptors (Lipinski definition) is 8. The normalized spacial score (nSPS) is 16.8. The van der Waals surface area contributed by atoms with Crippen molar-refractivity contribution in [2.45, 2.75) is 37.5 Å². The van der Waals surface area contributed by atoms with Gasteiger partial charge in [0.15, 0.2) is 0 Å². The summed E-state index contributed by atoms with van der Waals surface area (Å²) in [5.74, 6) is -0.849. The molecule has 3 N–H and O–H groups in total. The Bertz CT molecular complexity index is 1720. The molecule has 240 valence electrons. The van der Waals surface area contributed by atoms with Crippen molar-refractivity contribution in [3.8, 4) is 0 Å². The van der Waals surface area contributed by atoms with E-state index in [2.05, 4.69) is 21.4 Å². The van der Waals surface area contributed by atoms with Crippen LogP contribution < -0.4 is 5.32 Å². The number of nitrogens with zero attached hydrogens (tertiary/aromatic N) is 2. The van der Waals surface area contributed by atoms with E-state index in [1.807, 2.05) is 74.5 Å². The molecule has 11 heteroatoms. The molecule has 2 aromatic heterocycles. The van der Waals surface area contributed by atoms with Crippen LogP contribution in [0, 0.1) is 0 Å². The number of carbonyl (C=O) groups excluding carboxylic acids is 2. The minimum absolute atomic E-state index is 0.266. The third-order valence-electron chi connectivity index (χ3n) is 8.69. The molecule has 2 aromatic carbocycles. The number of ether oxygens (including phenoxy) is 4. The molecular formula is C34H43N5O6. The average Bonchev–Trinajstić information content (AvgIpc) is 3.71. The van der Waals surface area contributed by atoms with Crippen molar-refractivity contribution in [3.63, 3.8) is 0 Å². The van der Waals surface area contributed by atoms with Crippen molar-refractivity contribution in [1.29, 1.82) is 0 Å². The van der Waals surface area contributed by atoms with Crippen molar-refractivity contribution in [2.75, 3.05) is 56.6 Å². The van der Waals surface area contributed by atoms with E-state index in [-0.39, 0.29) is 24.7 Å². The van der Waals surface area contributed by atoms with Gasteiger partial charge in [-0.1, -0.05) is 30.3 Å². The van der Waals surface area contributed by atoms with Crippen molar-refractivity contribution in [2.24, 2.45) is 0 Å². The molecular weight excluding hydrogens is 574 g/mol. The lowest BCUT2D eigenvalue weighted by Crippen LogP contribution is -2.44. The molecule has 11 nitrogen and oxygen atoms in total. The van der Waals surface area contributed by atoms with E-state index in [0.717, 1.165) is 32.9 Å². The van der Waals surface area contributed by atoms with Crippen LogP contribution in [0.25, 0.3) is 33.0 Å². The Morgan fingerprint density at radius 2 is 1.22 bits per heavy atom. The summed E-state index contributed by atoms with van der Waals surface area (Å²) in [4.78, 5) is 37.3. The van der Waals surface area contributed by atoms with E-state index in [1.54, 1.807) is 34.6 Å². The van der Waals surface area contributed by atoms with E-state index < -0.39 is 11.8 Å². The number of likely N-dealkylation sites (N-methyl/N-ethyl adjacent to an activating group) is 2. The van der Waals surface area contributed by atoms with Crippen molar-refractivity contribution >= 4 is 44.8 Å². The second kappa shape index (κ2) is 13.7. The van der Waals surface area contributed by atoms with Crippen LogP contribution in [0.15, 0.2) is 48.8 Å². The number of hydrogen-bond donors (Lipinski definition) is 3. The summed E-state index contributed by atoms with van der Waals surface area (Å²) < 4.78 is 23.5. The standard InChI is InChI=1S/C34H43N5O6/c1-38(2)33(44-7)26(42-5)15-19-13-14-21-24(18-36-30(21)22(19)16-27(43-6)34(45-8)39(3)4)29-28(31(40)37-32(29)41)23-17-35-25-12-10-9-11-20(23)25/h9-14,17-18,26-27,33-36H,15-16H2,1-8H3,(H,37,40,41). The fourth-order valence-corrected chi connectivity index (χ4v) is 6.59. The van der Waals surface area contributed by atoms with E-state index >= 15 is 0 Å². The monoisotopic (exact) mass is 617 g/mol. The van der Waals surface area contributed by atoms with Gasteiger partial charge in [-0.2, -0.15) is 0 Å². The van der Waals surface area contributed by atoms with Gasteiger partial charge in [0.25, 0.3) is 11.8 Å². The summed E-state index contributed by atoms with van der Waals surface area (Å²) in [5.41, 5.74) is 5.80. The Morgan fingerprint density at radius 3 is 1.80 bits per heavy atom. The maximum Gasteiger partial charge on any atom is 0.259 e. The number of rotatable bonds is 14. The van der Waals surface area contributed by atoms with Crippen LogP contribution in [0.2, 0.25) is 0 Å². The van der Waals surface area contributed by atoms with Gasteiger partial charge in [0.05, 0.1) is 11.1 Å². The fourth-order valence-electron chi connectivity index (χ4n) is 6.59. The zero-order valence-electron chi connectivity index (χ0n) is 27.2.